The van der Waals surface area contributed by atoms with E-state index in [1.165, 1.54) is 5.56 Å². The minimum absolute atomic E-state index is 0.230. The number of hydrogen-bond acceptors (Lipinski definition) is 4. The summed E-state index contributed by atoms with van der Waals surface area (Å²) in [5.41, 5.74) is 9.99. The fourth-order valence-corrected chi connectivity index (χ4v) is 3.44. The molecule has 0 saturated carbocycles. The number of nitrogens with zero attached hydrogens (tertiary/aromatic N) is 1. The Bertz CT molecular complexity index is 1030. The van der Waals surface area contributed by atoms with E-state index in [9.17, 15) is 4.79 Å². The van der Waals surface area contributed by atoms with Crippen molar-refractivity contribution in [3.63, 3.8) is 0 Å². The second-order valence-corrected chi connectivity index (χ2v) is 7.49. The molecular weight excluding hydrogens is 374 g/mol. The number of hydrogen-bond donors (Lipinski definition) is 2. The molecule has 1 heterocycles. The zero-order valence-corrected chi connectivity index (χ0v) is 18.0. The molecule has 3 aromatic rings. The number of nitrogen functional groups attached to an aromatic ring is 1. The first-order valence-electron chi connectivity index (χ1n) is 10.3. The van der Waals surface area contributed by atoms with Crippen LogP contribution >= 0.6 is 0 Å². The van der Waals surface area contributed by atoms with Crippen molar-refractivity contribution >= 4 is 17.4 Å². The second kappa shape index (κ2) is 9.44. The Morgan fingerprint density at radius 1 is 1.03 bits per heavy atom. The highest BCUT2D eigenvalue weighted by molar-refractivity contribution is 6.07. The topological polar surface area (TPSA) is 77.2 Å². The predicted molar refractivity (Wildman–Crippen MR) is 122 cm³/mol. The van der Waals surface area contributed by atoms with Gasteiger partial charge in [-0.1, -0.05) is 26.0 Å². The molecule has 0 aliphatic rings. The van der Waals surface area contributed by atoms with Crippen LogP contribution in [0.5, 0.6) is 11.5 Å². The number of nitrogens with one attached hydrogen (secondary N) is 1. The minimum Gasteiger partial charge on any atom is -0.457 e. The van der Waals surface area contributed by atoms with E-state index in [-0.39, 0.29) is 11.7 Å². The van der Waals surface area contributed by atoms with Gasteiger partial charge in [-0.2, -0.15) is 0 Å². The molecule has 0 aliphatic carbocycles. The highest BCUT2D eigenvalue weighted by Crippen LogP contribution is 2.29. The van der Waals surface area contributed by atoms with Gasteiger partial charge in [-0.05, 0) is 86.2 Å². The van der Waals surface area contributed by atoms with Gasteiger partial charge in [0.1, 0.15) is 17.3 Å². The van der Waals surface area contributed by atoms with Crippen molar-refractivity contribution in [2.45, 2.75) is 46.5 Å². The fourth-order valence-electron chi connectivity index (χ4n) is 3.44. The van der Waals surface area contributed by atoms with E-state index < -0.39 is 0 Å². The third-order valence-electron chi connectivity index (χ3n) is 5.40. The average molecular weight is 404 g/mol. The monoisotopic (exact) mass is 403 g/mol. The lowest BCUT2D eigenvalue weighted by Gasteiger charge is -2.14. The van der Waals surface area contributed by atoms with Crippen molar-refractivity contribution in [2.24, 2.45) is 0 Å². The van der Waals surface area contributed by atoms with Crippen LogP contribution in [0.2, 0.25) is 0 Å². The molecule has 5 heteroatoms. The number of amides is 1. The number of pyridine rings is 1. The third-order valence-corrected chi connectivity index (χ3v) is 5.40. The molecule has 3 N–H and O–H groups in total. The number of rotatable bonds is 7. The number of benzene rings is 2. The zero-order chi connectivity index (χ0) is 21.7. The molecule has 2 aromatic carbocycles. The van der Waals surface area contributed by atoms with Crippen LogP contribution in [0.4, 0.5) is 11.5 Å². The van der Waals surface area contributed by atoms with Crippen LogP contribution in [0.3, 0.4) is 0 Å². The smallest absolute Gasteiger partial charge is 0.259 e. The highest BCUT2D eigenvalue weighted by Gasteiger charge is 2.13. The molecule has 3 rings (SSSR count). The molecular formula is C25H29N3O2. The summed E-state index contributed by atoms with van der Waals surface area (Å²) in [4.78, 5) is 16.8. The number of carbonyl (C=O) groups is 1. The maximum absolute atomic E-state index is 12.6. The zero-order valence-electron chi connectivity index (χ0n) is 18.0. The van der Waals surface area contributed by atoms with Gasteiger partial charge in [0.2, 0.25) is 0 Å². The van der Waals surface area contributed by atoms with E-state index in [4.69, 9.17) is 10.5 Å². The molecule has 0 unspecified atom stereocenters. The molecule has 156 valence electrons. The van der Waals surface area contributed by atoms with Gasteiger partial charge in [-0.3, -0.25) is 4.79 Å². The number of carbonyl (C=O) groups excluding carboxylic acids is 1. The maximum Gasteiger partial charge on any atom is 0.259 e. The molecule has 1 amide bonds. The lowest BCUT2D eigenvalue weighted by molar-refractivity contribution is 0.102. The SMILES string of the molecule is CCC(CC)c1cccc(Oc2ccc(NC(=O)c3cc(C)c(C)nc3N)cc2)c1. The Morgan fingerprint density at radius 3 is 2.40 bits per heavy atom. The van der Waals surface area contributed by atoms with Gasteiger partial charge < -0.3 is 15.8 Å². The summed E-state index contributed by atoms with van der Waals surface area (Å²) in [7, 11) is 0. The number of anilines is 2. The van der Waals surface area contributed by atoms with Crippen molar-refractivity contribution in [3.05, 3.63) is 77.0 Å². The van der Waals surface area contributed by atoms with Gasteiger partial charge in [0.25, 0.3) is 5.91 Å². The quantitative estimate of drug-likeness (QED) is 0.490. The van der Waals surface area contributed by atoms with Gasteiger partial charge in [-0.15, -0.1) is 0 Å². The largest absolute Gasteiger partial charge is 0.457 e. The molecule has 0 fully saturated rings. The van der Waals surface area contributed by atoms with Crippen LogP contribution in [0, 0.1) is 13.8 Å². The summed E-state index contributed by atoms with van der Waals surface area (Å²) in [5.74, 6) is 2.01. The molecule has 30 heavy (non-hydrogen) atoms. The number of ether oxygens (including phenoxy) is 1. The average Bonchev–Trinajstić information content (AvgIpc) is 2.73. The van der Waals surface area contributed by atoms with E-state index in [0.29, 0.717) is 22.9 Å². The molecule has 0 radical (unpaired) electrons. The van der Waals surface area contributed by atoms with Crippen LogP contribution in [0.25, 0.3) is 0 Å². The summed E-state index contributed by atoms with van der Waals surface area (Å²) < 4.78 is 6.01. The van der Waals surface area contributed by atoms with Gasteiger partial charge in [0, 0.05) is 11.4 Å². The third kappa shape index (κ3) is 4.98. The second-order valence-electron chi connectivity index (χ2n) is 7.49. The predicted octanol–water partition coefficient (Wildman–Crippen LogP) is 6.23. The van der Waals surface area contributed by atoms with Crippen molar-refractivity contribution < 1.29 is 9.53 Å². The van der Waals surface area contributed by atoms with Crippen LogP contribution in [-0.4, -0.2) is 10.9 Å². The fraction of sp³-hybridized carbons (Fsp3) is 0.280. The first-order chi connectivity index (χ1) is 14.4. The number of nitrogens with two attached hydrogens (primary N) is 1. The lowest BCUT2D eigenvalue weighted by atomic mass is 9.94. The van der Waals surface area contributed by atoms with E-state index in [0.717, 1.165) is 29.8 Å². The Balaban J connectivity index is 1.69. The highest BCUT2D eigenvalue weighted by atomic mass is 16.5. The standard InChI is InChI=1S/C25H29N3O2/c1-5-18(6-2)19-8-7-9-22(15-19)30-21-12-10-20(11-13-21)28-25(29)23-14-16(3)17(4)27-24(23)26/h7-15,18H,5-6H2,1-4H3,(H2,26,27)(H,28,29). The minimum atomic E-state index is -0.283. The first kappa shape index (κ1) is 21.4. The summed E-state index contributed by atoms with van der Waals surface area (Å²) in [6.07, 6.45) is 2.21. The molecule has 0 aliphatic heterocycles. The summed E-state index contributed by atoms with van der Waals surface area (Å²) in [6, 6.07) is 17.3. The summed E-state index contributed by atoms with van der Waals surface area (Å²) in [6.45, 7) is 8.18. The lowest BCUT2D eigenvalue weighted by Crippen LogP contribution is -2.15. The van der Waals surface area contributed by atoms with Crippen molar-refractivity contribution in [2.75, 3.05) is 11.1 Å². The van der Waals surface area contributed by atoms with Crippen molar-refractivity contribution in [3.8, 4) is 11.5 Å². The first-order valence-corrected chi connectivity index (χ1v) is 10.3. The van der Waals surface area contributed by atoms with Crippen LogP contribution in [0.1, 0.15) is 59.8 Å². The Hall–Kier alpha value is -3.34. The van der Waals surface area contributed by atoms with Gasteiger partial charge in [-0.25, -0.2) is 4.98 Å². The van der Waals surface area contributed by atoms with Crippen molar-refractivity contribution in [1.29, 1.82) is 0 Å². The molecule has 0 saturated heterocycles. The van der Waals surface area contributed by atoms with E-state index >= 15 is 0 Å². The number of aromatic nitrogens is 1. The molecule has 0 spiro atoms. The van der Waals surface area contributed by atoms with Gasteiger partial charge in [0.05, 0.1) is 5.56 Å². The number of aryl methyl sites for hydroxylation is 2. The Kier molecular flexibility index (Phi) is 6.72. The van der Waals surface area contributed by atoms with Crippen LogP contribution in [0.15, 0.2) is 54.6 Å². The molecule has 1 aromatic heterocycles. The maximum atomic E-state index is 12.6. The van der Waals surface area contributed by atoms with E-state index in [1.54, 1.807) is 6.07 Å². The van der Waals surface area contributed by atoms with Gasteiger partial charge >= 0.3 is 0 Å². The van der Waals surface area contributed by atoms with Gasteiger partial charge in [0.15, 0.2) is 0 Å². The van der Waals surface area contributed by atoms with Crippen molar-refractivity contribution in [1.82, 2.24) is 4.98 Å². The molecule has 0 atom stereocenters. The Labute approximate surface area is 178 Å². The van der Waals surface area contributed by atoms with Crippen LogP contribution < -0.4 is 15.8 Å². The summed E-state index contributed by atoms with van der Waals surface area (Å²) >= 11 is 0. The molecule has 5 nitrogen and oxygen atoms in total. The summed E-state index contributed by atoms with van der Waals surface area (Å²) in [5, 5.41) is 2.86. The Morgan fingerprint density at radius 2 is 1.73 bits per heavy atom. The van der Waals surface area contributed by atoms with Crippen LogP contribution in [-0.2, 0) is 0 Å². The molecule has 0 bridgehead atoms. The van der Waals surface area contributed by atoms with E-state index in [1.807, 2.05) is 50.2 Å². The normalized spacial score (nSPS) is 10.8. The van der Waals surface area contributed by atoms with E-state index in [2.05, 4.69) is 36.3 Å².